The van der Waals surface area contributed by atoms with Crippen LogP contribution in [-0.2, 0) is 20.8 Å². The second kappa shape index (κ2) is 11.5. The first kappa shape index (κ1) is 27.0. The quantitative estimate of drug-likeness (QED) is 0.435. The van der Waals surface area contributed by atoms with Crippen LogP contribution in [0.1, 0.15) is 55.3 Å². The number of amides is 3. The van der Waals surface area contributed by atoms with Gasteiger partial charge in [-0.1, -0.05) is 60.7 Å². The van der Waals surface area contributed by atoms with Gasteiger partial charge >= 0.3 is 0 Å². The van der Waals surface area contributed by atoms with Gasteiger partial charge in [-0.05, 0) is 61.4 Å². The van der Waals surface area contributed by atoms with Crippen molar-refractivity contribution in [3.8, 4) is 0 Å². The van der Waals surface area contributed by atoms with Gasteiger partial charge in [-0.15, -0.1) is 0 Å². The van der Waals surface area contributed by atoms with E-state index in [1.165, 1.54) is 6.92 Å². The Morgan fingerprint density at radius 2 is 1.55 bits per heavy atom. The topological polar surface area (TPSA) is 87.3 Å². The molecule has 0 spiro atoms. The van der Waals surface area contributed by atoms with E-state index in [9.17, 15) is 23.2 Å². The zero-order chi connectivity index (χ0) is 27.3. The summed E-state index contributed by atoms with van der Waals surface area (Å²) in [6.07, 6.45) is 0.724. The van der Waals surface area contributed by atoms with Crippen molar-refractivity contribution in [3.05, 3.63) is 107 Å². The standard InChI is InChI=1S/C30H31F2N3O3/c1-19(33-27(36)15-20-13-24(31)17-25(32)14-20)28(37)35-30(2)18-23(21-9-5-3-6-10-21)16-26(34-29(30)38)22-11-7-4-8-12-22/h3-14,17,19,23,26H,15-16,18H2,1-2H3,(H,33,36)(H,34,38)(H,35,37)/t19-,23+,26-,30-/m0/s1. The third-order valence-electron chi connectivity index (χ3n) is 6.91. The molecule has 1 heterocycles. The first-order valence-electron chi connectivity index (χ1n) is 12.6. The van der Waals surface area contributed by atoms with Gasteiger partial charge in [-0.2, -0.15) is 0 Å². The Balaban J connectivity index is 1.49. The Morgan fingerprint density at radius 1 is 0.974 bits per heavy atom. The van der Waals surface area contributed by atoms with E-state index in [1.54, 1.807) is 6.92 Å². The first-order chi connectivity index (χ1) is 18.1. The molecule has 0 saturated carbocycles. The lowest BCUT2D eigenvalue weighted by Crippen LogP contribution is -2.60. The predicted molar refractivity (Wildman–Crippen MR) is 140 cm³/mol. The molecule has 1 saturated heterocycles. The van der Waals surface area contributed by atoms with Gasteiger partial charge < -0.3 is 16.0 Å². The Labute approximate surface area is 220 Å². The maximum atomic E-state index is 13.5. The molecule has 198 valence electrons. The SMILES string of the molecule is C[C@H](NC(=O)Cc1cc(F)cc(F)c1)C(=O)N[C@@]1(C)C[C@H](c2ccccc2)C[C@@H](c2ccccc2)NC1=O. The molecule has 3 N–H and O–H groups in total. The van der Waals surface area contributed by atoms with E-state index >= 15 is 0 Å². The normalized spacial score (nSPS) is 22.1. The molecule has 1 aliphatic heterocycles. The van der Waals surface area contributed by atoms with Crippen LogP contribution in [0.4, 0.5) is 8.78 Å². The van der Waals surface area contributed by atoms with Crippen molar-refractivity contribution in [2.75, 3.05) is 0 Å². The van der Waals surface area contributed by atoms with Crippen molar-refractivity contribution < 1.29 is 23.2 Å². The molecule has 1 aliphatic rings. The fourth-order valence-corrected chi connectivity index (χ4v) is 4.96. The van der Waals surface area contributed by atoms with Crippen LogP contribution in [-0.4, -0.2) is 29.3 Å². The minimum Gasteiger partial charge on any atom is -0.347 e. The van der Waals surface area contributed by atoms with Crippen LogP contribution in [0.3, 0.4) is 0 Å². The minimum atomic E-state index is -1.24. The van der Waals surface area contributed by atoms with Gasteiger partial charge in [-0.3, -0.25) is 14.4 Å². The average molecular weight is 520 g/mol. The largest absolute Gasteiger partial charge is 0.347 e. The van der Waals surface area contributed by atoms with Gasteiger partial charge in [0.1, 0.15) is 23.2 Å². The molecule has 0 aromatic heterocycles. The number of halogens is 2. The average Bonchev–Trinajstić information content (AvgIpc) is 3.00. The number of rotatable bonds is 7. The Morgan fingerprint density at radius 3 is 2.16 bits per heavy atom. The van der Waals surface area contributed by atoms with Gasteiger partial charge in [0.05, 0.1) is 12.5 Å². The van der Waals surface area contributed by atoms with E-state index in [0.717, 1.165) is 29.3 Å². The van der Waals surface area contributed by atoms with Crippen LogP contribution >= 0.6 is 0 Å². The van der Waals surface area contributed by atoms with Crippen molar-refractivity contribution in [1.82, 2.24) is 16.0 Å². The lowest BCUT2D eigenvalue weighted by atomic mass is 9.82. The summed E-state index contributed by atoms with van der Waals surface area (Å²) >= 11 is 0. The fraction of sp³-hybridized carbons (Fsp3) is 0.300. The first-order valence-corrected chi connectivity index (χ1v) is 12.6. The van der Waals surface area contributed by atoms with Gasteiger partial charge in [0, 0.05) is 6.07 Å². The highest BCUT2D eigenvalue weighted by molar-refractivity contribution is 5.94. The van der Waals surface area contributed by atoms with E-state index in [1.807, 2.05) is 60.7 Å². The van der Waals surface area contributed by atoms with Gasteiger partial charge in [0.15, 0.2) is 0 Å². The number of benzene rings is 3. The van der Waals surface area contributed by atoms with Gasteiger partial charge in [-0.25, -0.2) is 8.78 Å². The number of hydrogen-bond acceptors (Lipinski definition) is 3. The molecule has 4 rings (SSSR count). The summed E-state index contributed by atoms with van der Waals surface area (Å²) in [7, 11) is 0. The van der Waals surface area contributed by atoms with E-state index < -0.39 is 35.0 Å². The minimum absolute atomic E-state index is 0.0292. The number of carbonyl (C=O) groups is 3. The van der Waals surface area contributed by atoms with E-state index in [2.05, 4.69) is 16.0 Å². The van der Waals surface area contributed by atoms with E-state index in [0.29, 0.717) is 12.8 Å². The third kappa shape index (κ3) is 6.62. The fourth-order valence-electron chi connectivity index (χ4n) is 4.96. The Kier molecular flexibility index (Phi) is 8.20. The van der Waals surface area contributed by atoms with Crippen LogP contribution in [0.15, 0.2) is 78.9 Å². The molecule has 0 aliphatic carbocycles. The van der Waals surface area contributed by atoms with Gasteiger partial charge in [0.2, 0.25) is 17.7 Å². The summed E-state index contributed by atoms with van der Waals surface area (Å²) in [6.45, 7) is 3.19. The predicted octanol–water partition coefficient (Wildman–Crippen LogP) is 4.32. The van der Waals surface area contributed by atoms with Crippen LogP contribution < -0.4 is 16.0 Å². The highest BCUT2D eigenvalue weighted by atomic mass is 19.1. The Hall–Kier alpha value is -4.07. The summed E-state index contributed by atoms with van der Waals surface area (Å²) in [5, 5.41) is 8.51. The van der Waals surface area contributed by atoms with E-state index in [-0.39, 0.29) is 29.9 Å². The zero-order valence-corrected chi connectivity index (χ0v) is 21.3. The van der Waals surface area contributed by atoms with Crippen LogP contribution in [0.2, 0.25) is 0 Å². The van der Waals surface area contributed by atoms with Crippen molar-refractivity contribution in [3.63, 3.8) is 0 Å². The number of hydrogen-bond donors (Lipinski definition) is 3. The number of nitrogens with one attached hydrogen (secondary N) is 3. The van der Waals surface area contributed by atoms with Crippen molar-refractivity contribution >= 4 is 17.7 Å². The lowest BCUT2D eigenvalue weighted by Gasteiger charge is -2.31. The van der Waals surface area contributed by atoms with Gasteiger partial charge in [0.25, 0.3) is 0 Å². The highest BCUT2D eigenvalue weighted by Gasteiger charge is 2.43. The summed E-state index contributed by atoms with van der Waals surface area (Å²) in [6, 6.07) is 21.2. The summed E-state index contributed by atoms with van der Waals surface area (Å²) in [5.74, 6) is -3.02. The molecule has 3 aromatic carbocycles. The van der Waals surface area contributed by atoms with Crippen molar-refractivity contribution in [1.29, 1.82) is 0 Å². The third-order valence-corrected chi connectivity index (χ3v) is 6.91. The molecule has 0 unspecified atom stereocenters. The maximum absolute atomic E-state index is 13.5. The molecule has 38 heavy (non-hydrogen) atoms. The van der Waals surface area contributed by atoms with Crippen molar-refractivity contribution in [2.45, 2.75) is 56.7 Å². The molecule has 6 nitrogen and oxygen atoms in total. The molecule has 0 bridgehead atoms. The highest BCUT2D eigenvalue weighted by Crippen LogP contribution is 2.38. The monoisotopic (exact) mass is 519 g/mol. The Bertz CT molecular complexity index is 1280. The molecular weight excluding hydrogens is 488 g/mol. The second-order valence-electron chi connectivity index (χ2n) is 10.0. The summed E-state index contributed by atoms with van der Waals surface area (Å²) < 4.78 is 26.9. The number of carbonyl (C=O) groups excluding carboxylic acids is 3. The molecule has 8 heteroatoms. The molecule has 4 atom stereocenters. The van der Waals surface area contributed by atoms with E-state index in [4.69, 9.17) is 0 Å². The van der Waals surface area contributed by atoms with Crippen LogP contribution in [0.5, 0.6) is 0 Å². The molecule has 3 aromatic rings. The maximum Gasteiger partial charge on any atom is 0.245 e. The van der Waals surface area contributed by atoms with Crippen LogP contribution in [0, 0.1) is 11.6 Å². The second-order valence-corrected chi connectivity index (χ2v) is 10.0. The summed E-state index contributed by atoms with van der Waals surface area (Å²) in [4.78, 5) is 39.1. The molecule has 3 amide bonds. The molecule has 0 radical (unpaired) electrons. The summed E-state index contributed by atoms with van der Waals surface area (Å²) in [5.41, 5.74) is 0.951. The lowest BCUT2D eigenvalue weighted by molar-refractivity contribution is -0.135. The molecule has 1 fully saturated rings. The smallest absolute Gasteiger partial charge is 0.245 e. The van der Waals surface area contributed by atoms with Crippen LogP contribution in [0.25, 0.3) is 0 Å². The molecular formula is C30H31F2N3O3. The van der Waals surface area contributed by atoms with Crippen molar-refractivity contribution in [2.24, 2.45) is 0 Å². The zero-order valence-electron chi connectivity index (χ0n) is 21.3.